The van der Waals surface area contributed by atoms with Crippen molar-refractivity contribution in [1.29, 1.82) is 0 Å². The lowest BCUT2D eigenvalue weighted by Crippen LogP contribution is -2.69. The molecule has 0 aliphatic heterocycles. The van der Waals surface area contributed by atoms with Crippen LogP contribution in [0.5, 0.6) is 0 Å². The van der Waals surface area contributed by atoms with Gasteiger partial charge in [-0.1, -0.05) is 39.3 Å². The molecule has 5 aliphatic rings. The van der Waals surface area contributed by atoms with Gasteiger partial charge in [-0.2, -0.15) is 0 Å². The Morgan fingerprint density at radius 2 is 1.54 bits per heavy atom. The quantitative estimate of drug-likeness (QED) is 0.355. The van der Waals surface area contributed by atoms with E-state index in [2.05, 4.69) is 33.8 Å². The van der Waals surface area contributed by atoms with Crippen LogP contribution in [0.4, 0.5) is 0 Å². The maximum absolute atomic E-state index is 13.4. The van der Waals surface area contributed by atoms with E-state index in [4.69, 9.17) is 9.47 Å². The normalized spacial score (nSPS) is 50.3. The summed E-state index contributed by atoms with van der Waals surface area (Å²) in [5, 5.41) is 33.6. The Kier molecular flexibility index (Phi) is 6.73. The third-order valence-electron chi connectivity index (χ3n) is 13.4. The lowest BCUT2D eigenvalue weighted by molar-refractivity contribution is -0.245. The van der Waals surface area contributed by atoms with Gasteiger partial charge in [-0.25, -0.2) is 0 Å². The minimum atomic E-state index is -1.21. The van der Waals surface area contributed by atoms with Gasteiger partial charge >= 0.3 is 11.9 Å². The van der Waals surface area contributed by atoms with Crippen molar-refractivity contribution in [2.24, 2.45) is 50.2 Å². The number of hydrogen-bond donors (Lipinski definition) is 3. The molecule has 0 aromatic rings. The summed E-state index contributed by atoms with van der Waals surface area (Å²) in [5.74, 6) is -0.630. The molecule has 0 aromatic heterocycles. The van der Waals surface area contributed by atoms with E-state index in [0.717, 1.165) is 32.1 Å². The fourth-order valence-corrected chi connectivity index (χ4v) is 11.2. The summed E-state index contributed by atoms with van der Waals surface area (Å²) in [6.45, 7) is 10.8. The van der Waals surface area contributed by atoms with Crippen LogP contribution in [-0.2, 0) is 19.1 Å². The molecule has 4 fully saturated rings. The van der Waals surface area contributed by atoms with E-state index in [9.17, 15) is 24.9 Å². The number of aliphatic hydroxyl groups is 3. The van der Waals surface area contributed by atoms with Crippen LogP contribution in [0, 0.1) is 50.2 Å². The van der Waals surface area contributed by atoms with Crippen molar-refractivity contribution in [2.75, 3.05) is 20.8 Å². The second-order valence-electron chi connectivity index (χ2n) is 15.3. The molecule has 0 spiro atoms. The molecule has 4 saturated carbocycles. The molecule has 0 bridgehead atoms. The molecular weight excluding hydrogens is 496 g/mol. The number of rotatable bonds is 3. The highest BCUT2D eigenvalue weighted by Gasteiger charge is 2.72. The molecular formula is C32H50O7. The number of ether oxygens (including phenoxy) is 2. The van der Waals surface area contributed by atoms with Crippen molar-refractivity contribution in [3.8, 4) is 0 Å². The minimum Gasteiger partial charge on any atom is -0.469 e. The average molecular weight is 547 g/mol. The first-order valence-corrected chi connectivity index (χ1v) is 15.0. The van der Waals surface area contributed by atoms with Crippen molar-refractivity contribution in [3.05, 3.63) is 11.6 Å². The molecule has 0 aromatic carbocycles. The third kappa shape index (κ3) is 3.51. The Bertz CT molecular complexity index is 1070. The molecule has 10 atom stereocenters. The Labute approximate surface area is 233 Å². The fraction of sp³-hybridized carbons (Fsp3) is 0.875. The third-order valence-corrected chi connectivity index (χ3v) is 13.4. The maximum Gasteiger partial charge on any atom is 0.314 e. The number of fused-ring (bicyclic) bond motifs is 7. The summed E-state index contributed by atoms with van der Waals surface area (Å²) >= 11 is 0. The number of allylic oxidation sites excluding steroid dienone is 1. The van der Waals surface area contributed by atoms with E-state index in [-0.39, 0.29) is 41.2 Å². The van der Waals surface area contributed by atoms with Gasteiger partial charge in [0.15, 0.2) is 0 Å². The summed E-state index contributed by atoms with van der Waals surface area (Å²) < 4.78 is 10.6. The summed E-state index contributed by atoms with van der Waals surface area (Å²) in [4.78, 5) is 26.6. The van der Waals surface area contributed by atoms with E-state index in [1.807, 2.05) is 0 Å². The monoisotopic (exact) mass is 546 g/mol. The van der Waals surface area contributed by atoms with E-state index in [1.165, 1.54) is 19.8 Å². The first kappa shape index (κ1) is 29.1. The molecule has 39 heavy (non-hydrogen) atoms. The summed E-state index contributed by atoms with van der Waals surface area (Å²) in [6.07, 6.45) is 6.85. The van der Waals surface area contributed by atoms with Crippen LogP contribution in [0.15, 0.2) is 11.6 Å². The molecule has 5 rings (SSSR count). The van der Waals surface area contributed by atoms with Gasteiger partial charge < -0.3 is 24.8 Å². The number of carbonyl (C=O) groups excluding carboxylic acids is 2. The number of aliphatic hydroxyl groups excluding tert-OH is 3. The van der Waals surface area contributed by atoms with Crippen LogP contribution in [0.1, 0.15) is 92.4 Å². The second-order valence-corrected chi connectivity index (χ2v) is 15.3. The molecule has 7 nitrogen and oxygen atoms in total. The average Bonchev–Trinajstić information content (AvgIpc) is 2.90. The zero-order chi connectivity index (χ0) is 28.8. The van der Waals surface area contributed by atoms with Gasteiger partial charge in [0.05, 0.1) is 43.9 Å². The molecule has 0 amide bonds. The van der Waals surface area contributed by atoms with Crippen LogP contribution in [0.25, 0.3) is 0 Å². The Balaban J connectivity index is 1.64. The predicted octanol–water partition coefficient (Wildman–Crippen LogP) is 4.42. The number of carbonyl (C=O) groups is 2. The lowest BCUT2D eigenvalue weighted by Gasteiger charge is -2.71. The van der Waals surface area contributed by atoms with Crippen molar-refractivity contribution in [1.82, 2.24) is 0 Å². The highest BCUT2D eigenvalue weighted by atomic mass is 16.5. The molecule has 220 valence electrons. The van der Waals surface area contributed by atoms with Gasteiger partial charge in [-0.05, 0) is 98.7 Å². The van der Waals surface area contributed by atoms with Crippen molar-refractivity contribution >= 4 is 11.9 Å². The van der Waals surface area contributed by atoms with Gasteiger partial charge in [0.25, 0.3) is 0 Å². The van der Waals surface area contributed by atoms with Gasteiger partial charge in [0, 0.05) is 5.41 Å². The summed E-state index contributed by atoms with van der Waals surface area (Å²) in [7, 11) is 2.85. The van der Waals surface area contributed by atoms with E-state index >= 15 is 0 Å². The topological polar surface area (TPSA) is 113 Å². The van der Waals surface area contributed by atoms with E-state index < -0.39 is 39.8 Å². The molecule has 0 radical (unpaired) electrons. The van der Waals surface area contributed by atoms with Crippen LogP contribution in [0.3, 0.4) is 0 Å². The SMILES string of the molecule is COC(=O)C12CCC(C)(C)CC1C1=CCC3C4(C)CC(O)C(O)C(C)(C(=O)OC)C4CCC3(C)C1(CO)CC2. The van der Waals surface area contributed by atoms with Crippen molar-refractivity contribution < 1.29 is 34.4 Å². The lowest BCUT2D eigenvalue weighted by atomic mass is 9.33. The Morgan fingerprint density at radius 3 is 2.15 bits per heavy atom. The molecule has 0 saturated heterocycles. The van der Waals surface area contributed by atoms with E-state index in [0.29, 0.717) is 25.7 Å². The van der Waals surface area contributed by atoms with Gasteiger partial charge in [0.1, 0.15) is 0 Å². The number of hydrogen-bond acceptors (Lipinski definition) is 7. The zero-order valence-corrected chi connectivity index (χ0v) is 25.0. The number of esters is 2. The Morgan fingerprint density at radius 1 is 0.897 bits per heavy atom. The smallest absolute Gasteiger partial charge is 0.314 e. The molecule has 0 heterocycles. The highest BCUT2D eigenvalue weighted by Crippen LogP contribution is 2.76. The first-order chi connectivity index (χ1) is 18.1. The maximum atomic E-state index is 13.4. The highest BCUT2D eigenvalue weighted by molar-refractivity contribution is 5.79. The van der Waals surface area contributed by atoms with Crippen molar-refractivity contribution in [2.45, 2.75) is 105 Å². The van der Waals surface area contributed by atoms with Gasteiger partial charge in [0.2, 0.25) is 0 Å². The van der Waals surface area contributed by atoms with Crippen LogP contribution < -0.4 is 0 Å². The molecule has 10 unspecified atom stereocenters. The molecule has 3 N–H and O–H groups in total. The zero-order valence-electron chi connectivity index (χ0n) is 25.0. The van der Waals surface area contributed by atoms with Gasteiger partial charge in [-0.15, -0.1) is 0 Å². The molecule has 7 heteroatoms. The fourth-order valence-electron chi connectivity index (χ4n) is 11.2. The van der Waals surface area contributed by atoms with Crippen molar-refractivity contribution in [3.63, 3.8) is 0 Å². The second kappa shape index (κ2) is 9.03. The van der Waals surface area contributed by atoms with Gasteiger partial charge in [-0.3, -0.25) is 9.59 Å². The number of methoxy groups -OCH3 is 2. The first-order valence-electron chi connectivity index (χ1n) is 15.0. The van der Waals surface area contributed by atoms with Crippen LogP contribution in [0.2, 0.25) is 0 Å². The summed E-state index contributed by atoms with van der Waals surface area (Å²) in [6, 6.07) is 0. The van der Waals surface area contributed by atoms with E-state index in [1.54, 1.807) is 6.92 Å². The standard InChI is InChI=1S/C32H50O7/c1-27(2)12-13-31(26(37)39-7)14-15-32(18-33)19(20(31)16-27)8-9-22-28(3)17-21(34)24(35)30(5,25(36)38-6)23(28)10-11-29(22,32)4/h8,20-24,33-35H,9-18H2,1-7H3. The largest absolute Gasteiger partial charge is 0.469 e. The van der Waals surface area contributed by atoms with Crippen LogP contribution >= 0.6 is 0 Å². The summed E-state index contributed by atoms with van der Waals surface area (Å²) in [5.41, 5.74) is -1.65. The minimum absolute atomic E-state index is 0.0141. The molecule has 5 aliphatic carbocycles. The predicted molar refractivity (Wildman–Crippen MR) is 146 cm³/mol. The Hall–Kier alpha value is -1.44. The van der Waals surface area contributed by atoms with Crippen LogP contribution in [-0.4, -0.2) is 60.3 Å².